The number of para-hydroxylation sites is 1. The van der Waals surface area contributed by atoms with Gasteiger partial charge in [-0.2, -0.15) is 5.26 Å². The van der Waals surface area contributed by atoms with Crippen molar-refractivity contribution in [3.05, 3.63) is 71.3 Å². The molecule has 0 unspecified atom stereocenters. The monoisotopic (exact) mass is 360 g/mol. The molecule has 1 fully saturated rings. The Hall–Kier alpha value is -3.39. The molecule has 2 aromatic carbocycles. The van der Waals surface area contributed by atoms with E-state index in [4.69, 9.17) is 4.74 Å². The highest BCUT2D eigenvalue weighted by molar-refractivity contribution is 6.14. The summed E-state index contributed by atoms with van der Waals surface area (Å²) in [5.41, 5.74) is 1.06. The van der Waals surface area contributed by atoms with Crippen LogP contribution in [0.3, 0.4) is 0 Å². The molecule has 0 spiro atoms. The lowest BCUT2D eigenvalue weighted by atomic mass is 10.0. The summed E-state index contributed by atoms with van der Waals surface area (Å²) in [4.78, 5) is 26.5. The first-order chi connectivity index (χ1) is 13.2. The number of carbonyl (C=O) groups excluding carboxylic acids is 2. The van der Waals surface area contributed by atoms with E-state index < -0.39 is 0 Å². The van der Waals surface area contributed by atoms with E-state index >= 15 is 0 Å². The molecule has 27 heavy (non-hydrogen) atoms. The van der Waals surface area contributed by atoms with Crippen molar-refractivity contribution in [1.29, 1.82) is 5.26 Å². The topological polar surface area (TPSA) is 70.4 Å². The van der Waals surface area contributed by atoms with Gasteiger partial charge >= 0.3 is 0 Å². The molecular formula is C22H20N2O3. The van der Waals surface area contributed by atoms with Crippen LogP contribution in [0.4, 0.5) is 0 Å². The van der Waals surface area contributed by atoms with E-state index in [1.54, 1.807) is 53.4 Å². The van der Waals surface area contributed by atoms with Crippen molar-refractivity contribution in [3.8, 4) is 11.8 Å². The van der Waals surface area contributed by atoms with E-state index in [1.807, 2.05) is 12.1 Å². The van der Waals surface area contributed by atoms with Crippen LogP contribution in [0.15, 0.2) is 60.2 Å². The third kappa shape index (κ3) is 4.62. The van der Waals surface area contributed by atoms with Gasteiger partial charge in [-0.1, -0.05) is 48.5 Å². The van der Waals surface area contributed by atoms with E-state index in [-0.39, 0.29) is 23.9 Å². The number of rotatable bonds is 6. The number of Topliss-reactive ketones (excluding diaryl/α,β-unsaturated/α-hetero) is 1. The summed E-state index contributed by atoms with van der Waals surface area (Å²) in [6, 6.07) is 17.7. The van der Waals surface area contributed by atoms with Crippen molar-refractivity contribution < 1.29 is 14.3 Å². The molecule has 5 nitrogen and oxygen atoms in total. The maximum Gasteiger partial charge on any atom is 0.260 e. The fraction of sp³-hybridized carbons (Fsp3) is 0.227. The molecule has 0 bridgehead atoms. The molecule has 1 aliphatic heterocycles. The zero-order valence-corrected chi connectivity index (χ0v) is 14.9. The molecule has 1 aliphatic rings. The van der Waals surface area contributed by atoms with Crippen LogP contribution in [-0.2, 0) is 4.79 Å². The molecular weight excluding hydrogens is 340 g/mol. The lowest BCUT2D eigenvalue weighted by Crippen LogP contribution is -2.32. The average molecular weight is 360 g/mol. The minimum absolute atomic E-state index is 0.0168. The molecule has 1 amide bonds. The molecule has 0 N–H and O–H groups in total. The van der Waals surface area contributed by atoms with Gasteiger partial charge in [0.25, 0.3) is 5.91 Å². The number of allylic oxidation sites excluding steroid dienone is 1. The summed E-state index contributed by atoms with van der Waals surface area (Å²) in [5.74, 6) is 0.0758. The van der Waals surface area contributed by atoms with Crippen LogP contribution in [0.2, 0.25) is 0 Å². The van der Waals surface area contributed by atoms with Crippen molar-refractivity contribution in [1.82, 2.24) is 4.90 Å². The predicted molar refractivity (Wildman–Crippen MR) is 102 cm³/mol. The molecule has 0 radical (unpaired) electrons. The van der Waals surface area contributed by atoms with Crippen LogP contribution in [0.5, 0.6) is 5.75 Å². The predicted octanol–water partition coefficient (Wildman–Crippen LogP) is 3.48. The summed E-state index contributed by atoms with van der Waals surface area (Å²) in [7, 11) is 0. The van der Waals surface area contributed by atoms with Gasteiger partial charge in [0, 0.05) is 24.2 Å². The Balaban J connectivity index is 1.77. The van der Waals surface area contributed by atoms with E-state index in [0.29, 0.717) is 16.9 Å². The van der Waals surface area contributed by atoms with Crippen molar-refractivity contribution in [2.45, 2.75) is 12.8 Å². The molecule has 5 heteroatoms. The average Bonchev–Trinajstić information content (AvgIpc) is 3.26. The third-order valence-corrected chi connectivity index (χ3v) is 4.43. The minimum Gasteiger partial charge on any atom is -0.483 e. The van der Waals surface area contributed by atoms with E-state index in [9.17, 15) is 14.9 Å². The summed E-state index contributed by atoms with van der Waals surface area (Å²) >= 11 is 0. The SMILES string of the molecule is N#C/C(=C\c1ccccc1OCC(=O)N1CCCC1)C(=O)c1ccccc1. The number of hydrogen-bond acceptors (Lipinski definition) is 4. The highest BCUT2D eigenvalue weighted by Gasteiger charge is 2.19. The van der Waals surface area contributed by atoms with Gasteiger partial charge in [0.1, 0.15) is 17.4 Å². The van der Waals surface area contributed by atoms with Crippen molar-refractivity contribution in [2.24, 2.45) is 0 Å². The van der Waals surface area contributed by atoms with Gasteiger partial charge in [-0.25, -0.2) is 0 Å². The second kappa shape index (κ2) is 8.81. The lowest BCUT2D eigenvalue weighted by Gasteiger charge is -2.16. The largest absolute Gasteiger partial charge is 0.483 e. The quantitative estimate of drug-likeness (QED) is 0.449. The number of hydrogen-bond donors (Lipinski definition) is 0. The number of nitrogens with zero attached hydrogens (tertiary/aromatic N) is 2. The van der Waals surface area contributed by atoms with Gasteiger partial charge in [0.2, 0.25) is 5.78 Å². The van der Waals surface area contributed by atoms with Gasteiger partial charge in [-0.15, -0.1) is 0 Å². The lowest BCUT2D eigenvalue weighted by molar-refractivity contribution is -0.132. The number of amides is 1. The Labute approximate surface area is 158 Å². The molecule has 1 heterocycles. The number of carbonyl (C=O) groups is 2. The first kappa shape index (κ1) is 18.4. The number of ketones is 1. The standard InChI is InChI=1S/C22H20N2O3/c23-15-19(22(26)17-8-2-1-3-9-17)14-18-10-4-5-11-20(18)27-16-21(25)24-12-6-7-13-24/h1-5,8-11,14H,6-7,12-13,16H2/b19-14+. The van der Waals surface area contributed by atoms with Gasteiger partial charge in [0.05, 0.1) is 0 Å². The summed E-state index contributed by atoms with van der Waals surface area (Å²) < 4.78 is 5.69. The molecule has 0 saturated carbocycles. The summed E-state index contributed by atoms with van der Waals surface area (Å²) in [6.07, 6.45) is 3.56. The first-order valence-electron chi connectivity index (χ1n) is 8.90. The highest BCUT2D eigenvalue weighted by atomic mass is 16.5. The van der Waals surface area contributed by atoms with Crippen LogP contribution in [0.1, 0.15) is 28.8 Å². The normalized spacial score (nSPS) is 13.9. The Morgan fingerprint density at radius 1 is 1.04 bits per heavy atom. The van der Waals surface area contributed by atoms with Crippen LogP contribution in [0.25, 0.3) is 6.08 Å². The van der Waals surface area contributed by atoms with Crippen LogP contribution >= 0.6 is 0 Å². The number of nitriles is 1. The number of ether oxygens (including phenoxy) is 1. The third-order valence-electron chi connectivity index (χ3n) is 4.43. The van der Waals surface area contributed by atoms with E-state index in [0.717, 1.165) is 25.9 Å². The molecule has 1 saturated heterocycles. The molecule has 136 valence electrons. The molecule has 3 rings (SSSR count). The van der Waals surface area contributed by atoms with Gasteiger partial charge in [-0.3, -0.25) is 9.59 Å². The number of likely N-dealkylation sites (tertiary alicyclic amines) is 1. The fourth-order valence-electron chi connectivity index (χ4n) is 2.98. The summed E-state index contributed by atoms with van der Waals surface area (Å²) in [5, 5.41) is 9.43. The Morgan fingerprint density at radius 2 is 1.70 bits per heavy atom. The smallest absolute Gasteiger partial charge is 0.260 e. The summed E-state index contributed by atoms with van der Waals surface area (Å²) in [6.45, 7) is 1.49. The van der Waals surface area contributed by atoms with Crippen molar-refractivity contribution in [2.75, 3.05) is 19.7 Å². The van der Waals surface area contributed by atoms with Crippen molar-refractivity contribution >= 4 is 17.8 Å². The maximum atomic E-state index is 12.5. The fourth-order valence-corrected chi connectivity index (χ4v) is 2.98. The zero-order chi connectivity index (χ0) is 19.1. The molecule has 0 atom stereocenters. The van der Waals surface area contributed by atoms with Gasteiger partial charge < -0.3 is 9.64 Å². The Morgan fingerprint density at radius 3 is 2.41 bits per heavy atom. The van der Waals surface area contributed by atoms with E-state index in [1.165, 1.54) is 6.08 Å². The molecule has 0 aliphatic carbocycles. The van der Waals surface area contributed by atoms with Crippen LogP contribution in [0, 0.1) is 11.3 Å². The van der Waals surface area contributed by atoms with Crippen LogP contribution < -0.4 is 4.74 Å². The molecule has 0 aromatic heterocycles. The Kier molecular flexibility index (Phi) is 6.01. The van der Waals surface area contributed by atoms with E-state index in [2.05, 4.69) is 0 Å². The van der Waals surface area contributed by atoms with Gasteiger partial charge in [-0.05, 0) is 25.0 Å². The van der Waals surface area contributed by atoms with Gasteiger partial charge in [0.15, 0.2) is 6.61 Å². The number of benzene rings is 2. The first-order valence-corrected chi connectivity index (χ1v) is 8.90. The molecule has 2 aromatic rings. The second-order valence-corrected chi connectivity index (χ2v) is 6.28. The minimum atomic E-state index is -0.346. The second-order valence-electron chi connectivity index (χ2n) is 6.28. The Bertz CT molecular complexity index is 891. The zero-order valence-electron chi connectivity index (χ0n) is 14.9. The highest BCUT2D eigenvalue weighted by Crippen LogP contribution is 2.22. The maximum absolute atomic E-state index is 12.5. The van der Waals surface area contributed by atoms with Crippen LogP contribution in [-0.4, -0.2) is 36.3 Å². The van der Waals surface area contributed by atoms with Crippen molar-refractivity contribution in [3.63, 3.8) is 0 Å².